The first-order valence-corrected chi connectivity index (χ1v) is 9.45. The van der Waals surface area contributed by atoms with Gasteiger partial charge in [-0.2, -0.15) is 0 Å². The summed E-state index contributed by atoms with van der Waals surface area (Å²) in [4.78, 5) is 25.1. The standard InChI is InChI=1S/C12H13N3O3.C7H4N2O4/c16-12(14-6-2-1-3-7-14)9-4-5-11-10(8-9)13-18-15(11)17;10-7(11)4-1-2-6-5(3-4)8-13-9(6)12/h4-5,8H,1-3,6-7H2;1-3H,(H,10,11). The highest BCUT2D eigenvalue weighted by Gasteiger charge is 2.20. The summed E-state index contributed by atoms with van der Waals surface area (Å²) in [5, 5.41) is 37.5. The highest BCUT2D eigenvalue weighted by molar-refractivity contribution is 5.97. The second kappa shape index (κ2) is 8.26. The molecular weight excluding hydrogens is 410 g/mol. The molecule has 1 N–H and O–H groups in total. The van der Waals surface area contributed by atoms with Crippen LogP contribution < -0.4 is 9.81 Å². The number of carbonyl (C=O) groups is 2. The fourth-order valence-corrected chi connectivity index (χ4v) is 3.30. The summed E-state index contributed by atoms with van der Waals surface area (Å²) in [5.74, 6) is -1.07. The Morgan fingerprint density at radius 3 is 1.94 bits per heavy atom. The Hall–Kier alpha value is -4.22. The molecule has 12 nitrogen and oxygen atoms in total. The molecule has 0 radical (unpaired) electrons. The number of nitrogens with zero attached hydrogens (tertiary/aromatic N) is 5. The number of aromatic carboxylic acids is 1. The number of benzene rings is 2. The zero-order valence-electron chi connectivity index (χ0n) is 16.1. The third-order valence-corrected chi connectivity index (χ3v) is 4.91. The van der Waals surface area contributed by atoms with E-state index in [2.05, 4.69) is 19.6 Å². The van der Waals surface area contributed by atoms with Crippen LogP contribution in [0.4, 0.5) is 0 Å². The van der Waals surface area contributed by atoms with Gasteiger partial charge in [-0.15, -0.1) is 0 Å². The van der Waals surface area contributed by atoms with Crippen molar-refractivity contribution in [2.75, 3.05) is 13.1 Å². The second-order valence-corrected chi connectivity index (χ2v) is 6.93. The Labute approximate surface area is 173 Å². The number of carboxylic acids is 1. The lowest BCUT2D eigenvalue weighted by atomic mass is 10.1. The molecule has 1 amide bonds. The molecule has 0 unspecified atom stereocenters. The highest BCUT2D eigenvalue weighted by Crippen LogP contribution is 2.16. The minimum absolute atomic E-state index is 0.00273. The molecule has 4 aromatic rings. The maximum atomic E-state index is 12.2. The largest absolute Gasteiger partial charge is 0.478 e. The molecular formula is C19H17N5O7. The lowest BCUT2D eigenvalue weighted by molar-refractivity contribution is -0.782. The molecule has 12 heteroatoms. The topological polar surface area (TPSA) is 164 Å². The Bertz CT molecular complexity index is 1260. The lowest BCUT2D eigenvalue weighted by Crippen LogP contribution is -2.35. The molecule has 0 spiro atoms. The summed E-state index contributed by atoms with van der Waals surface area (Å²) in [5.41, 5.74) is 1.82. The maximum Gasteiger partial charge on any atom is 0.335 e. The molecule has 0 atom stereocenters. The van der Waals surface area contributed by atoms with Gasteiger partial charge in [-0.25, -0.2) is 4.79 Å². The number of aromatic nitrogens is 4. The van der Waals surface area contributed by atoms with Crippen LogP contribution in [0.1, 0.15) is 40.0 Å². The lowest BCUT2D eigenvalue weighted by Gasteiger charge is -2.26. The summed E-state index contributed by atoms with van der Waals surface area (Å²) < 4.78 is 8.75. The van der Waals surface area contributed by atoms with Gasteiger partial charge in [0.25, 0.3) is 5.91 Å². The number of fused-ring (bicyclic) bond motifs is 2. The van der Waals surface area contributed by atoms with Gasteiger partial charge in [-0.1, -0.05) is 0 Å². The van der Waals surface area contributed by atoms with E-state index < -0.39 is 5.97 Å². The van der Waals surface area contributed by atoms with Crippen LogP contribution in [-0.4, -0.2) is 45.3 Å². The van der Waals surface area contributed by atoms with Crippen molar-refractivity contribution in [2.45, 2.75) is 19.3 Å². The summed E-state index contributed by atoms with van der Waals surface area (Å²) in [7, 11) is 0. The second-order valence-electron chi connectivity index (χ2n) is 6.93. The van der Waals surface area contributed by atoms with Crippen LogP contribution in [0.3, 0.4) is 0 Å². The molecule has 1 fully saturated rings. The zero-order chi connectivity index (χ0) is 22.0. The van der Waals surface area contributed by atoms with Crippen molar-refractivity contribution in [2.24, 2.45) is 0 Å². The summed E-state index contributed by atoms with van der Waals surface area (Å²) >= 11 is 0. The summed E-state index contributed by atoms with van der Waals surface area (Å²) in [6.45, 7) is 1.61. The number of carboxylic acid groups (broad SMARTS) is 1. The van der Waals surface area contributed by atoms with Gasteiger partial charge < -0.3 is 20.4 Å². The van der Waals surface area contributed by atoms with Crippen molar-refractivity contribution in [3.63, 3.8) is 0 Å². The number of hydrogen-bond acceptors (Lipinski definition) is 8. The van der Waals surface area contributed by atoms with Crippen molar-refractivity contribution >= 4 is 33.9 Å². The molecule has 2 aromatic carbocycles. The van der Waals surface area contributed by atoms with E-state index in [-0.39, 0.29) is 27.4 Å². The molecule has 0 saturated carbocycles. The fourth-order valence-electron chi connectivity index (χ4n) is 3.30. The van der Waals surface area contributed by atoms with Gasteiger partial charge >= 0.3 is 5.97 Å². The quantitative estimate of drug-likeness (QED) is 0.464. The van der Waals surface area contributed by atoms with Crippen molar-refractivity contribution in [1.29, 1.82) is 0 Å². The van der Waals surface area contributed by atoms with Crippen LogP contribution in [0.2, 0.25) is 0 Å². The van der Waals surface area contributed by atoms with Crippen LogP contribution in [-0.2, 0) is 0 Å². The molecule has 5 rings (SSSR count). The van der Waals surface area contributed by atoms with Crippen LogP contribution in [0.15, 0.2) is 45.7 Å². The smallest absolute Gasteiger partial charge is 0.335 e. The molecule has 1 aliphatic rings. The van der Waals surface area contributed by atoms with Gasteiger partial charge in [0.2, 0.25) is 22.1 Å². The van der Waals surface area contributed by atoms with Crippen molar-refractivity contribution in [3.8, 4) is 0 Å². The van der Waals surface area contributed by atoms with Crippen molar-refractivity contribution < 1.29 is 33.8 Å². The summed E-state index contributed by atoms with van der Waals surface area (Å²) in [6, 6.07) is 8.75. The SMILES string of the molecule is O=C(O)c1ccc2c(c1)no[n+]2[O-].O=C(c1ccc2c(c1)no[n+]2[O-])N1CCCCC1. The van der Waals surface area contributed by atoms with Crippen molar-refractivity contribution in [3.05, 3.63) is 57.9 Å². The fraction of sp³-hybridized carbons (Fsp3) is 0.263. The minimum atomic E-state index is -1.07. The van der Waals surface area contributed by atoms with Gasteiger partial charge in [0, 0.05) is 41.1 Å². The average molecular weight is 427 g/mol. The first-order chi connectivity index (χ1) is 14.9. The molecule has 3 heterocycles. The number of hydrogen-bond donors (Lipinski definition) is 1. The van der Waals surface area contributed by atoms with Crippen LogP contribution in [0.5, 0.6) is 0 Å². The van der Waals surface area contributed by atoms with Crippen LogP contribution >= 0.6 is 0 Å². The van der Waals surface area contributed by atoms with Gasteiger partial charge in [0.1, 0.15) is 0 Å². The normalized spacial score (nSPS) is 13.7. The monoisotopic (exact) mass is 427 g/mol. The maximum absolute atomic E-state index is 12.2. The van der Waals surface area contributed by atoms with Gasteiger partial charge in [0.15, 0.2) is 0 Å². The molecule has 2 aromatic heterocycles. The molecule has 0 aliphatic carbocycles. The first kappa shape index (κ1) is 20.1. The minimum Gasteiger partial charge on any atom is -0.478 e. The van der Waals surface area contributed by atoms with E-state index in [4.69, 9.17) is 5.11 Å². The van der Waals surface area contributed by atoms with E-state index in [0.717, 1.165) is 25.9 Å². The van der Waals surface area contributed by atoms with E-state index in [1.165, 1.54) is 24.6 Å². The highest BCUT2D eigenvalue weighted by atomic mass is 16.8. The third kappa shape index (κ3) is 4.08. The number of rotatable bonds is 2. The first-order valence-electron chi connectivity index (χ1n) is 9.45. The number of piperidine rings is 1. The number of amides is 1. The van der Waals surface area contributed by atoms with Gasteiger partial charge in [0.05, 0.1) is 5.56 Å². The molecule has 160 valence electrons. The Morgan fingerprint density at radius 2 is 1.39 bits per heavy atom. The molecule has 0 bridgehead atoms. The average Bonchev–Trinajstić information content (AvgIpc) is 3.36. The zero-order valence-corrected chi connectivity index (χ0v) is 16.1. The van der Waals surface area contributed by atoms with Gasteiger partial charge in [-0.05, 0) is 53.3 Å². The van der Waals surface area contributed by atoms with Crippen molar-refractivity contribution in [1.82, 2.24) is 15.2 Å². The van der Waals surface area contributed by atoms with E-state index in [0.29, 0.717) is 21.5 Å². The molecule has 1 saturated heterocycles. The summed E-state index contributed by atoms with van der Waals surface area (Å²) in [6.07, 6.45) is 3.29. The van der Waals surface area contributed by atoms with Crippen LogP contribution in [0.25, 0.3) is 22.1 Å². The van der Waals surface area contributed by atoms with Crippen LogP contribution in [0, 0.1) is 10.4 Å². The molecule has 1 aliphatic heterocycles. The Kier molecular flexibility index (Phi) is 5.35. The Morgan fingerprint density at radius 1 is 0.871 bits per heavy atom. The third-order valence-electron chi connectivity index (χ3n) is 4.91. The van der Waals surface area contributed by atoms with E-state index in [9.17, 15) is 20.0 Å². The number of likely N-dealkylation sites (tertiary alicyclic amines) is 1. The van der Waals surface area contributed by atoms with Gasteiger partial charge in [-0.3, -0.25) is 14.1 Å². The number of carbonyl (C=O) groups excluding carboxylic acids is 1. The van der Waals surface area contributed by atoms with E-state index in [1.54, 1.807) is 18.2 Å². The molecule has 31 heavy (non-hydrogen) atoms. The Balaban J connectivity index is 0.000000158. The van der Waals surface area contributed by atoms with E-state index >= 15 is 0 Å². The van der Waals surface area contributed by atoms with E-state index in [1.807, 2.05) is 4.90 Å². The predicted octanol–water partition coefficient (Wildman–Crippen LogP) is 1.25. The predicted molar refractivity (Wildman–Crippen MR) is 103 cm³/mol.